The Morgan fingerprint density at radius 3 is 2.07 bits per heavy atom. The van der Waals surface area contributed by atoms with Gasteiger partial charge in [0, 0.05) is 32.6 Å². The average Bonchev–Trinajstić information content (AvgIpc) is 3.12. The predicted octanol–water partition coefficient (Wildman–Crippen LogP) is 2.46. The van der Waals surface area contributed by atoms with E-state index in [1.807, 2.05) is 0 Å². The minimum atomic E-state index is -0.330. The van der Waals surface area contributed by atoms with Crippen molar-refractivity contribution in [1.82, 2.24) is 9.80 Å². The molecule has 0 spiro atoms. The van der Waals surface area contributed by atoms with Crippen molar-refractivity contribution in [3.8, 4) is 0 Å². The van der Waals surface area contributed by atoms with E-state index in [9.17, 15) is 4.79 Å². The van der Waals surface area contributed by atoms with Crippen LogP contribution in [-0.4, -0.2) is 61.6 Å². The smallest absolute Gasteiger partial charge is 0.217 e. The van der Waals surface area contributed by atoms with Crippen LogP contribution < -0.4 is 5.73 Å². The van der Waals surface area contributed by atoms with E-state index in [0.29, 0.717) is 6.42 Å². The number of nitrogens with two attached hydrogens (primary N) is 1. The molecule has 2 fully saturated rings. The Kier molecular flexibility index (Phi) is 6.28. The van der Waals surface area contributed by atoms with Crippen molar-refractivity contribution in [3.05, 3.63) is 71.8 Å². The van der Waals surface area contributed by atoms with Crippen molar-refractivity contribution < 1.29 is 9.53 Å². The summed E-state index contributed by atoms with van der Waals surface area (Å²) in [7, 11) is 0. The van der Waals surface area contributed by atoms with Gasteiger partial charge in [-0.1, -0.05) is 60.7 Å². The van der Waals surface area contributed by atoms with Gasteiger partial charge in [-0.2, -0.15) is 0 Å². The fourth-order valence-electron chi connectivity index (χ4n) is 5.21. The molecule has 2 saturated heterocycles. The molecule has 4 rings (SSSR count). The van der Waals surface area contributed by atoms with E-state index in [0.717, 1.165) is 52.4 Å². The summed E-state index contributed by atoms with van der Waals surface area (Å²) in [6.07, 6.45) is 1.37. The summed E-state index contributed by atoms with van der Waals surface area (Å²) in [5.74, 6) is -0.0595. The highest BCUT2D eigenvalue weighted by Gasteiger charge is 2.51. The molecular formula is C24H31N3O2. The Morgan fingerprint density at radius 2 is 1.52 bits per heavy atom. The lowest BCUT2D eigenvalue weighted by atomic mass is 9.72. The van der Waals surface area contributed by atoms with Crippen LogP contribution in [0.2, 0.25) is 0 Å². The molecular weight excluding hydrogens is 362 g/mol. The van der Waals surface area contributed by atoms with Crippen LogP contribution in [-0.2, 0) is 15.1 Å². The van der Waals surface area contributed by atoms with Crippen molar-refractivity contribution >= 4 is 5.91 Å². The van der Waals surface area contributed by atoms with Crippen LogP contribution in [0.25, 0.3) is 0 Å². The van der Waals surface area contributed by atoms with Crippen molar-refractivity contribution in [3.63, 3.8) is 0 Å². The summed E-state index contributed by atoms with van der Waals surface area (Å²) in [4.78, 5) is 17.1. The number of carbonyl (C=O) groups is 1. The fraction of sp³-hybridized carbons (Fsp3) is 0.458. The summed E-state index contributed by atoms with van der Waals surface area (Å²) < 4.78 is 5.51. The number of likely N-dealkylation sites (tertiary alicyclic amines) is 1. The molecule has 2 aliphatic heterocycles. The standard InChI is InChI=1S/C24H31N3O2/c25-23(28)19-22-11-12-27(14-13-26-15-17-29-18-16-26)24(22,20-7-3-1-4-8-20)21-9-5-2-6-10-21/h1-10,22H,11-19H2,(H2,25,28). The first-order chi connectivity index (χ1) is 14.2. The lowest BCUT2D eigenvalue weighted by Gasteiger charge is -2.44. The molecule has 0 aromatic heterocycles. The lowest BCUT2D eigenvalue weighted by Crippen LogP contribution is -2.50. The van der Waals surface area contributed by atoms with Crippen LogP contribution in [0.3, 0.4) is 0 Å². The lowest BCUT2D eigenvalue weighted by molar-refractivity contribution is -0.119. The number of primary amides is 1. The van der Waals surface area contributed by atoms with Crippen molar-refractivity contribution in [2.45, 2.75) is 18.4 Å². The Balaban J connectivity index is 1.73. The first kappa shape index (κ1) is 20.1. The molecule has 5 heteroatoms. The van der Waals surface area contributed by atoms with Gasteiger partial charge in [-0.05, 0) is 30.0 Å². The molecule has 2 aromatic rings. The molecule has 2 aromatic carbocycles. The number of nitrogens with zero attached hydrogens (tertiary/aromatic N) is 2. The third kappa shape index (κ3) is 4.08. The molecule has 1 atom stereocenters. The second-order valence-corrected chi connectivity index (χ2v) is 8.10. The Morgan fingerprint density at radius 1 is 0.931 bits per heavy atom. The summed E-state index contributed by atoms with van der Waals surface area (Å²) >= 11 is 0. The first-order valence-electron chi connectivity index (χ1n) is 10.7. The van der Waals surface area contributed by atoms with Crippen LogP contribution >= 0.6 is 0 Å². The van der Waals surface area contributed by atoms with Gasteiger partial charge in [0.05, 0.1) is 18.8 Å². The Hall–Kier alpha value is -2.21. The number of amides is 1. The topological polar surface area (TPSA) is 58.8 Å². The SMILES string of the molecule is NC(=O)CC1CCN(CCN2CCOCC2)C1(c1ccccc1)c1ccccc1. The molecule has 0 saturated carbocycles. The molecule has 154 valence electrons. The predicted molar refractivity (Wildman–Crippen MR) is 114 cm³/mol. The highest BCUT2D eigenvalue weighted by atomic mass is 16.5. The molecule has 5 nitrogen and oxygen atoms in total. The van der Waals surface area contributed by atoms with Gasteiger partial charge in [-0.25, -0.2) is 0 Å². The largest absolute Gasteiger partial charge is 0.379 e. The van der Waals surface area contributed by atoms with E-state index in [2.05, 4.69) is 70.5 Å². The number of morpholine rings is 1. The minimum absolute atomic E-state index is 0.162. The third-order valence-electron chi connectivity index (χ3n) is 6.50. The number of hydrogen-bond acceptors (Lipinski definition) is 4. The first-order valence-corrected chi connectivity index (χ1v) is 10.7. The monoisotopic (exact) mass is 393 g/mol. The molecule has 2 aliphatic rings. The van der Waals surface area contributed by atoms with Crippen molar-refractivity contribution in [2.24, 2.45) is 11.7 Å². The normalized spacial score (nSPS) is 22.6. The van der Waals surface area contributed by atoms with Gasteiger partial charge in [-0.15, -0.1) is 0 Å². The fourth-order valence-corrected chi connectivity index (χ4v) is 5.21. The molecule has 2 heterocycles. The van der Waals surface area contributed by atoms with Crippen LogP contribution in [0.15, 0.2) is 60.7 Å². The van der Waals surface area contributed by atoms with Gasteiger partial charge in [0.15, 0.2) is 0 Å². The second kappa shape index (κ2) is 9.08. The van der Waals surface area contributed by atoms with Crippen LogP contribution in [0.1, 0.15) is 24.0 Å². The Bertz CT molecular complexity index is 751. The van der Waals surface area contributed by atoms with E-state index in [4.69, 9.17) is 10.5 Å². The third-order valence-corrected chi connectivity index (χ3v) is 6.50. The van der Waals surface area contributed by atoms with Gasteiger partial charge in [0.1, 0.15) is 0 Å². The molecule has 29 heavy (non-hydrogen) atoms. The van der Waals surface area contributed by atoms with Gasteiger partial charge >= 0.3 is 0 Å². The number of hydrogen-bond donors (Lipinski definition) is 1. The van der Waals surface area contributed by atoms with Gasteiger partial charge < -0.3 is 10.5 Å². The summed E-state index contributed by atoms with van der Waals surface area (Å²) in [6.45, 7) is 6.53. The second-order valence-electron chi connectivity index (χ2n) is 8.10. The van der Waals surface area contributed by atoms with E-state index in [-0.39, 0.29) is 17.4 Å². The van der Waals surface area contributed by atoms with Gasteiger partial charge in [-0.3, -0.25) is 14.6 Å². The zero-order valence-electron chi connectivity index (χ0n) is 17.0. The van der Waals surface area contributed by atoms with E-state index < -0.39 is 0 Å². The molecule has 2 N–H and O–H groups in total. The summed E-state index contributed by atoms with van der Waals surface area (Å²) in [6, 6.07) is 21.3. The zero-order chi connectivity index (χ0) is 20.1. The number of ether oxygens (including phenoxy) is 1. The van der Waals surface area contributed by atoms with E-state index in [1.54, 1.807) is 0 Å². The van der Waals surface area contributed by atoms with Crippen molar-refractivity contribution in [2.75, 3.05) is 45.9 Å². The van der Waals surface area contributed by atoms with E-state index >= 15 is 0 Å². The highest BCUT2D eigenvalue weighted by Crippen LogP contribution is 2.49. The zero-order valence-corrected chi connectivity index (χ0v) is 17.0. The van der Waals surface area contributed by atoms with Crippen LogP contribution in [0.4, 0.5) is 0 Å². The number of carbonyl (C=O) groups excluding carboxylic acids is 1. The van der Waals surface area contributed by atoms with Crippen molar-refractivity contribution in [1.29, 1.82) is 0 Å². The average molecular weight is 394 g/mol. The maximum Gasteiger partial charge on any atom is 0.217 e. The molecule has 1 unspecified atom stereocenters. The minimum Gasteiger partial charge on any atom is -0.379 e. The molecule has 0 radical (unpaired) electrons. The summed E-state index contributed by atoms with van der Waals surface area (Å²) in [5.41, 5.74) is 7.87. The molecule has 0 bridgehead atoms. The maximum absolute atomic E-state index is 12.0. The van der Waals surface area contributed by atoms with Crippen LogP contribution in [0.5, 0.6) is 0 Å². The Labute approximate surface area is 173 Å². The van der Waals surface area contributed by atoms with Gasteiger partial charge in [0.25, 0.3) is 0 Å². The molecule has 1 amide bonds. The van der Waals surface area contributed by atoms with Gasteiger partial charge in [0.2, 0.25) is 5.91 Å². The summed E-state index contributed by atoms with van der Waals surface area (Å²) in [5, 5.41) is 0. The highest BCUT2D eigenvalue weighted by molar-refractivity contribution is 5.74. The maximum atomic E-state index is 12.0. The quantitative estimate of drug-likeness (QED) is 0.785. The number of rotatable bonds is 7. The molecule has 0 aliphatic carbocycles. The van der Waals surface area contributed by atoms with Crippen LogP contribution in [0, 0.1) is 5.92 Å². The number of benzene rings is 2. The van der Waals surface area contributed by atoms with E-state index in [1.165, 1.54) is 11.1 Å².